The third kappa shape index (κ3) is 4.74. The minimum absolute atomic E-state index is 1.11. The van der Waals surface area contributed by atoms with Gasteiger partial charge in [-0.2, -0.15) is 0 Å². The molecule has 208 valence electrons. The van der Waals surface area contributed by atoms with Crippen molar-refractivity contribution in [2.75, 3.05) is 4.90 Å². The van der Waals surface area contributed by atoms with Gasteiger partial charge in [0.25, 0.3) is 0 Å². The van der Waals surface area contributed by atoms with E-state index in [1.165, 1.54) is 53.6 Å². The lowest BCUT2D eigenvalue weighted by atomic mass is 9.99. The maximum absolute atomic E-state index is 4.41. The molecule has 8 aromatic rings. The Morgan fingerprint density at radius 2 is 1.00 bits per heavy atom. The van der Waals surface area contributed by atoms with Gasteiger partial charge in [-0.15, -0.1) is 11.3 Å². The third-order valence-electron chi connectivity index (χ3n) is 8.20. The van der Waals surface area contributed by atoms with Crippen molar-refractivity contribution in [1.82, 2.24) is 4.98 Å². The van der Waals surface area contributed by atoms with E-state index in [2.05, 4.69) is 168 Å². The minimum atomic E-state index is 1.11. The van der Waals surface area contributed by atoms with Crippen LogP contribution in [0.5, 0.6) is 0 Å². The molecule has 0 amide bonds. The van der Waals surface area contributed by atoms with Gasteiger partial charge in [-0.1, -0.05) is 127 Å². The molecule has 0 aliphatic carbocycles. The number of para-hydroxylation sites is 1. The van der Waals surface area contributed by atoms with Crippen LogP contribution < -0.4 is 4.90 Å². The van der Waals surface area contributed by atoms with Crippen molar-refractivity contribution in [3.8, 4) is 33.4 Å². The van der Waals surface area contributed by atoms with Gasteiger partial charge in [0.05, 0.1) is 20.8 Å². The number of pyridine rings is 1. The molecule has 2 aromatic heterocycles. The monoisotopic (exact) mass is 580 g/mol. The van der Waals surface area contributed by atoms with Crippen LogP contribution in [-0.4, -0.2) is 4.98 Å². The number of thiophene rings is 1. The van der Waals surface area contributed by atoms with Gasteiger partial charge in [-0.25, -0.2) is 0 Å². The van der Waals surface area contributed by atoms with Crippen molar-refractivity contribution in [3.63, 3.8) is 0 Å². The first-order chi connectivity index (χ1) is 21.8. The van der Waals surface area contributed by atoms with E-state index in [1.54, 1.807) is 11.3 Å². The molecule has 0 bridgehead atoms. The van der Waals surface area contributed by atoms with Crippen molar-refractivity contribution < 1.29 is 0 Å². The summed E-state index contributed by atoms with van der Waals surface area (Å²) in [6, 6.07) is 56.4. The summed E-state index contributed by atoms with van der Waals surface area (Å²) in [7, 11) is 0. The molecule has 0 N–H and O–H groups in total. The van der Waals surface area contributed by atoms with E-state index in [0.717, 1.165) is 17.1 Å². The van der Waals surface area contributed by atoms with Crippen LogP contribution in [0.25, 0.3) is 53.6 Å². The molecule has 0 atom stereocenters. The average Bonchev–Trinajstić information content (AvgIpc) is 3.49. The van der Waals surface area contributed by atoms with Crippen LogP contribution in [0.4, 0.5) is 17.1 Å². The Morgan fingerprint density at radius 3 is 1.70 bits per heavy atom. The van der Waals surface area contributed by atoms with Gasteiger partial charge >= 0.3 is 0 Å². The zero-order chi connectivity index (χ0) is 29.3. The van der Waals surface area contributed by atoms with E-state index in [9.17, 15) is 0 Å². The highest BCUT2D eigenvalue weighted by Gasteiger charge is 2.20. The highest BCUT2D eigenvalue weighted by molar-refractivity contribution is 7.26. The molecule has 2 heterocycles. The lowest BCUT2D eigenvalue weighted by Crippen LogP contribution is -2.11. The summed E-state index contributed by atoms with van der Waals surface area (Å²) in [4.78, 5) is 6.82. The minimum Gasteiger partial charge on any atom is -0.308 e. The van der Waals surface area contributed by atoms with Crippen LogP contribution in [0.15, 0.2) is 170 Å². The molecule has 0 saturated heterocycles. The maximum atomic E-state index is 4.41. The summed E-state index contributed by atoms with van der Waals surface area (Å²) in [5.41, 5.74) is 10.6. The molecule has 0 aliphatic heterocycles. The molecule has 0 spiro atoms. The Balaban J connectivity index is 1.27. The molecule has 0 saturated carbocycles. The zero-order valence-corrected chi connectivity index (χ0v) is 24.8. The van der Waals surface area contributed by atoms with Gasteiger partial charge in [-0.05, 0) is 58.1 Å². The molecule has 0 aliphatic rings. The van der Waals surface area contributed by atoms with Crippen LogP contribution in [0.2, 0.25) is 0 Å². The number of hydrogen-bond donors (Lipinski definition) is 0. The highest BCUT2D eigenvalue weighted by Crippen LogP contribution is 2.47. The number of nitrogens with zero attached hydrogens (tertiary/aromatic N) is 2. The summed E-state index contributed by atoms with van der Waals surface area (Å²) in [5.74, 6) is 0. The Labute approximate surface area is 261 Å². The lowest BCUT2D eigenvalue weighted by Gasteiger charge is -2.28. The predicted molar refractivity (Wildman–Crippen MR) is 188 cm³/mol. The topological polar surface area (TPSA) is 16.1 Å². The molecular formula is C41H28N2S. The van der Waals surface area contributed by atoms with Crippen molar-refractivity contribution >= 4 is 48.6 Å². The van der Waals surface area contributed by atoms with Gasteiger partial charge < -0.3 is 4.90 Å². The van der Waals surface area contributed by atoms with Crippen molar-refractivity contribution in [1.29, 1.82) is 0 Å². The van der Waals surface area contributed by atoms with E-state index in [0.29, 0.717) is 0 Å². The van der Waals surface area contributed by atoms with Crippen LogP contribution in [0.1, 0.15) is 0 Å². The van der Waals surface area contributed by atoms with Crippen molar-refractivity contribution in [2.24, 2.45) is 0 Å². The molecule has 44 heavy (non-hydrogen) atoms. The fourth-order valence-corrected chi connectivity index (χ4v) is 7.21. The standard InChI is InChI=1S/C41H28N2S/c1-3-10-29(11-4-1)30-18-20-31(21-19-30)32-22-24-34(25-23-32)43(38-16-8-7-14-35(38)33-12-5-2-6-13-33)39-17-9-15-37-36-26-27-42-28-40(36)44-41(37)39/h1-28H. The maximum Gasteiger partial charge on any atom is 0.0640 e. The van der Waals surface area contributed by atoms with Crippen molar-refractivity contribution in [2.45, 2.75) is 0 Å². The number of benzene rings is 6. The lowest BCUT2D eigenvalue weighted by molar-refractivity contribution is 1.30. The van der Waals surface area contributed by atoms with Crippen LogP contribution in [0.3, 0.4) is 0 Å². The third-order valence-corrected chi connectivity index (χ3v) is 9.38. The fraction of sp³-hybridized carbons (Fsp3) is 0. The molecule has 8 rings (SSSR count). The van der Waals surface area contributed by atoms with Gasteiger partial charge in [0.15, 0.2) is 0 Å². The molecule has 0 unspecified atom stereocenters. The molecule has 0 fully saturated rings. The Kier molecular flexibility index (Phi) is 6.71. The summed E-state index contributed by atoms with van der Waals surface area (Å²) in [5, 5.41) is 2.50. The first-order valence-electron chi connectivity index (χ1n) is 14.8. The molecule has 0 radical (unpaired) electrons. The highest BCUT2D eigenvalue weighted by atomic mass is 32.1. The SMILES string of the molecule is c1ccc(-c2ccc(-c3ccc(N(c4ccccc4-c4ccccc4)c4cccc5c4sc4cnccc45)cc3)cc2)cc1. The number of aromatic nitrogens is 1. The second-order valence-electron chi connectivity index (χ2n) is 10.8. The van der Waals surface area contributed by atoms with E-state index in [-0.39, 0.29) is 0 Å². The second-order valence-corrected chi connectivity index (χ2v) is 11.9. The summed E-state index contributed by atoms with van der Waals surface area (Å²) in [6.07, 6.45) is 3.86. The molecule has 2 nitrogen and oxygen atoms in total. The van der Waals surface area contributed by atoms with Gasteiger partial charge in [0, 0.05) is 34.4 Å². The summed E-state index contributed by atoms with van der Waals surface area (Å²) >= 11 is 1.80. The number of hydrogen-bond acceptors (Lipinski definition) is 3. The molecular weight excluding hydrogens is 553 g/mol. The number of fused-ring (bicyclic) bond motifs is 3. The Hall–Kier alpha value is -5.51. The first-order valence-corrected chi connectivity index (χ1v) is 15.6. The average molecular weight is 581 g/mol. The van der Waals surface area contributed by atoms with E-state index >= 15 is 0 Å². The zero-order valence-electron chi connectivity index (χ0n) is 24.0. The molecule has 3 heteroatoms. The number of anilines is 3. The van der Waals surface area contributed by atoms with E-state index in [1.807, 2.05) is 12.4 Å². The summed E-state index contributed by atoms with van der Waals surface area (Å²) in [6.45, 7) is 0. The van der Waals surface area contributed by atoms with Crippen LogP contribution in [-0.2, 0) is 0 Å². The predicted octanol–water partition coefficient (Wildman–Crippen LogP) is 11.9. The second kappa shape index (κ2) is 11.3. The number of rotatable bonds is 6. The quantitative estimate of drug-likeness (QED) is 0.194. The summed E-state index contributed by atoms with van der Waals surface area (Å²) < 4.78 is 2.44. The van der Waals surface area contributed by atoms with Crippen molar-refractivity contribution in [3.05, 3.63) is 170 Å². The smallest absolute Gasteiger partial charge is 0.0640 e. The Morgan fingerprint density at radius 1 is 0.432 bits per heavy atom. The van der Waals surface area contributed by atoms with Gasteiger partial charge in [0.2, 0.25) is 0 Å². The van der Waals surface area contributed by atoms with E-state index in [4.69, 9.17) is 0 Å². The van der Waals surface area contributed by atoms with E-state index < -0.39 is 0 Å². The van der Waals surface area contributed by atoms with Gasteiger partial charge in [-0.3, -0.25) is 4.98 Å². The van der Waals surface area contributed by atoms with Crippen LogP contribution in [0, 0.1) is 0 Å². The first kappa shape index (κ1) is 26.1. The van der Waals surface area contributed by atoms with Crippen LogP contribution >= 0.6 is 11.3 Å². The molecule has 6 aromatic carbocycles. The fourth-order valence-electron chi connectivity index (χ4n) is 6.04. The normalized spacial score (nSPS) is 11.2. The Bertz CT molecular complexity index is 2200. The van der Waals surface area contributed by atoms with Gasteiger partial charge in [0.1, 0.15) is 0 Å². The largest absolute Gasteiger partial charge is 0.308 e.